The standard InChI is InChI=1S/C19H12Cl4O5S/c20-11-3-1-2-10(8-11)19(29(26,27)28,13-5-4-12(21)9-16(13)24)17-14(22)6-7-15(23)18(17)25/h1-9,24-25H,(H,26,27,28). The molecule has 3 aromatic carbocycles. The lowest BCUT2D eigenvalue weighted by Gasteiger charge is -2.34. The number of phenolic OH excluding ortho intramolecular Hbond substituents is 2. The largest absolute Gasteiger partial charge is 0.508 e. The van der Waals surface area contributed by atoms with Crippen LogP contribution in [0.25, 0.3) is 0 Å². The highest BCUT2D eigenvalue weighted by atomic mass is 35.5. The third kappa shape index (κ3) is 3.65. The number of rotatable bonds is 4. The van der Waals surface area contributed by atoms with Crippen molar-refractivity contribution < 1.29 is 23.2 Å². The Labute approximate surface area is 186 Å². The van der Waals surface area contributed by atoms with Gasteiger partial charge in [-0.25, -0.2) is 0 Å². The van der Waals surface area contributed by atoms with Gasteiger partial charge in [-0.05, 0) is 42.0 Å². The number of hydrogen-bond acceptors (Lipinski definition) is 4. The Morgan fingerprint density at radius 3 is 2.00 bits per heavy atom. The fraction of sp³-hybridized carbons (Fsp3) is 0.0526. The molecule has 1 unspecified atom stereocenters. The number of aromatic hydroxyl groups is 2. The highest BCUT2D eigenvalue weighted by Crippen LogP contribution is 2.53. The quantitative estimate of drug-likeness (QED) is 0.311. The van der Waals surface area contributed by atoms with E-state index in [4.69, 9.17) is 46.4 Å². The predicted molar refractivity (Wildman–Crippen MR) is 114 cm³/mol. The summed E-state index contributed by atoms with van der Waals surface area (Å²) in [6.07, 6.45) is 0. The second-order valence-electron chi connectivity index (χ2n) is 6.08. The average molecular weight is 494 g/mol. The summed E-state index contributed by atoms with van der Waals surface area (Å²) in [4.78, 5) is 0. The third-order valence-electron chi connectivity index (χ3n) is 4.39. The molecule has 0 spiro atoms. The first-order valence-electron chi connectivity index (χ1n) is 7.89. The Balaban J connectivity index is 2.65. The van der Waals surface area contributed by atoms with Crippen LogP contribution in [0.2, 0.25) is 20.1 Å². The van der Waals surface area contributed by atoms with Crippen LogP contribution in [-0.4, -0.2) is 23.2 Å². The molecule has 0 aliphatic carbocycles. The van der Waals surface area contributed by atoms with Gasteiger partial charge < -0.3 is 10.2 Å². The van der Waals surface area contributed by atoms with Gasteiger partial charge in [0.1, 0.15) is 11.5 Å². The number of halogens is 4. The lowest BCUT2D eigenvalue weighted by Crippen LogP contribution is -2.38. The molecule has 10 heteroatoms. The minimum Gasteiger partial charge on any atom is -0.508 e. The maximum Gasteiger partial charge on any atom is 0.283 e. The minimum atomic E-state index is -5.16. The van der Waals surface area contributed by atoms with Crippen LogP contribution in [0.5, 0.6) is 11.5 Å². The molecule has 0 saturated carbocycles. The number of hydrogen-bond donors (Lipinski definition) is 3. The van der Waals surface area contributed by atoms with Crippen LogP contribution in [0.15, 0.2) is 54.6 Å². The summed E-state index contributed by atoms with van der Waals surface area (Å²) in [6, 6.07) is 11.7. The summed E-state index contributed by atoms with van der Waals surface area (Å²) < 4.78 is 33.9. The average Bonchev–Trinajstić information content (AvgIpc) is 2.62. The van der Waals surface area contributed by atoms with Crippen molar-refractivity contribution >= 4 is 56.5 Å². The smallest absolute Gasteiger partial charge is 0.283 e. The molecule has 0 heterocycles. The van der Waals surface area contributed by atoms with Gasteiger partial charge in [-0.15, -0.1) is 0 Å². The van der Waals surface area contributed by atoms with Crippen LogP contribution >= 0.6 is 46.4 Å². The zero-order valence-corrected chi connectivity index (χ0v) is 18.1. The van der Waals surface area contributed by atoms with Crippen molar-refractivity contribution in [2.75, 3.05) is 0 Å². The van der Waals surface area contributed by atoms with Crippen LogP contribution < -0.4 is 0 Å². The van der Waals surface area contributed by atoms with E-state index in [2.05, 4.69) is 0 Å². The number of phenols is 2. The van der Waals surface area contributed by atoms with Gasteiger partial charge >= 0.3 is 0 Å². The highest BCUT2D eigenvalue weighted by molar-refractivity contribution is 7.87. The fourth-order valence-corrected chi connectivity index (χ4v) is 5.44. The molecule has 5 nitrogen and oxygen atoms in total. The van der Waals surface area contributed by atoms with E-state index in [1.165, 1.54) is 48.5 Å². The van der Waals surface area contributed by atoms with Crippen molar-refractivity contribution in [3.8, 4) is 11.5 Å². The molecule has 0 aliphatic heterocycles. The summed E-state index contributed by atoms with van der Waals surface area (Å²) in [6.45, 7) is 0. The second kappa shape index (κ2) is 7.87. The Hall–Kier alpha value is -1.67. The Morgan fingerprint density at radius 2 is 1.41 bits per heavy atom. The molecule has 0 bridgehead atoms. The van der Waals surface area contributed by atoms with Crippen molar-refractivity contribution in [2.45, 2.75) is 4.75 Å². The van der Waals surface area contributed by atoms with Crippen molar-refractivity contribution in [1.82, 2.24) is 0 Å². The van der Waals surface area contributed by atoms with E-state index in [1.54, 1.807) is 0 Å². The monoisotopic (exact) mass is 492 g/mol. The molecule has 0 saturated heterocycles. The van der Waals surface area contributed by atoms with E-state index >= 15 is 0 Å². The van der Waals surface area contributed by atoms with Crippen LogP contribution in [-0.2, 0) is 14.9 Å². The van der Waals surface area contributed by atoms with Crippen LogP contribution in [0.4, 0.5) is 0 Å². The van der Waals surface area contributed by atoms with Crippen LogP contribution in [0, 0.1) is 0 Å². The summed E-state index contributed by atoms with van der Waals surface area (Å²) >= 11 is 24.3. The normalized spacial score (nSPS) is 13.8. The van der Waals surface area contributed by atoms with Gasteiger partial charge in [-0.3, -0.25) is 4.55 Å². The van der Waals surface area contributed by atoms with Gasteiger partial charge in [0.05, 0.1) is 5.02 Å². The SMILES string of the molecule is O=S(=O)(O)C(c1cccc(Cl)c1)(c1ccc(Cl)cc1O)c1c(Cl)ccc(Cl)c1O. The van der Waals surface area contributed by atoms with E-state index < -0.39 is 31.9 Å². The first-order chi connectivity index (χ1) is 13.5. The molecule has 29 heavy (non-hydrogen) atoms. The van der Waals surface area contributed by atoms with Crippen LogP contribution in [0.1, 0.15) is 16.7 Å². The molecule has 0 fully saturated rings. The number of benzene rings is 3. The van der Waals surface area contributed by atoms with E-state index in [1.807, 2.05) is 0 Å². The first-order valence-corrected chi connectivity index (χ1v) is 10.8. The van der Waals surface area contributed by atoms with E-state index in [-0.39, 0.29) is 31.2 Å². The zero-order chi connectivity index (χ0) is 21.6. The first kappa shape index (κ1) is 22.0. The molecular formula is C19H12Cl4O5S. The van der Waals surface area contributed by atoms with Gasteiger partial charge in [0.25, 0.3) is 10.1 Å². The third-order valence-corrected chi connectivity index (χ3v) is 6.91. The molecule has 1 atom stereocenters. The van der Waals surface area contributed by atoms with Gasteiger partial charge in [-0.1, -0.05) is 64.6 Å². The topological polar surface area (TPSA) is 94.8 Å². The summed E-state index contributed by atoms with van der Waals surface area (Å²) in [5.41, 5.74) is -0.857. The van der Waals surface area contributed by atoms with E-state index in [0.29, 0.717) is 0 Å². The second-order valence-corrected chi connectivity index (χ2v) is 9.33. The molecular weight excluding hydrogens is 482 g/mol. The molecule has 3 rings (SSSR count). The molecule has 3 N–H and O–H groups in total. The molecule has 152 valence electrons. The maximum absolute atomic E-state index is 13.0. The Kier molecular flexibility index (Phi) is 5.98. The van der Waals surface area contributed by atoms with Crippen molar-refractivity contribution in [1.29, 1.82) is 0 Å². The molecule has 0 aromatic heterocycles. The van der Waals surface area contributed by atoms with Gasteiger partial charge in [0, 0.05) is 26.2 Å². The zero-order valence-electron chi connectivity index (χ0n) is 14.3. The lowest BCUT2D eigenvalue weighted by atomic mass is 9.83. The molecule has 0 radical (unpaired) electrons. The van der Waals surface area contributed by atoms with Gasteiger partial charge in [-0.2, -0.15) is 8.42 Å². The van der Waals surface area contributed by atoms with Crippen LogP contribution in [0.3, 0.4) is 0 Å². The summed E-state index contributed by atoms with van der Waals surface area (Å²) in [5, 5.41) is 21.1. The maximum atomic E-state index is 13.0. The Bertz CT molecular complexity index is 1210. The lowest BCUT2D eigenvalue weighted by molar-refractivity contribution is 0.428. The summed E-state index contributed by atoms with van der Waals surface area (Å²) in [7, 11) is -5.16. The van der Waals surface area contributed by atoms with Crippen molar-refractivity contribution in [2.24, 2.45) is 0 Å². The molecule has 0 amide bonds. The van der Waals surface area contributed by atoms with Gasteiger partial charge in [0.15, 0.2) is 4.75 Å². The van der Waals surface area contributed by atoms with Crippen molar-refractivity contribution in [3.05, 3.63) is 91.4 Å². The molecule has 3 aromatic rings. The minimum absolute atomic E-state index is 0.0930. The predicted octanol–water partition coefficient (Wildman–Crippen LogP) is 5.89. The van der Waals surface area contributed by atoms with Gasteiger partial charge in [0.2, 0.25) is 0 Å². The van der Waals surface area contributed by atoms with E-state index in [9.17, 15) is 23.2 Å². The van der Waals surface area contributed by atoms with E-state index in [0.717, 1.165) is 6.07 Å². The highest BCUT2D eigenvalue weighted by Gasteiger charge is 2.53. The van der Waals surface area contributed by atoms with Crippen molar-refractivity contribution in [3.63, 3.8) is 0 Å². The molecule has 0 aliphatic rings. The summed E-state index contributed by atoms with van der Waals surface area (Å²) in [5.74, 6) is -1.25. The fourth-order valence-electron chi connectivity index (χ4n) is 3.24. The Morgan fingerprint density at radius 1 is 0.793 bits per heavy atom.